The maximum atomic E-state index is 13.3. The highest BCUT2D eigenvalue weighted by Crippen LogP contribution is 2.16. The van der Waals surface area contributed by atoms with Gasteiger partial charge in [-0.1, -0.05) is 54.6 Å². The second kappa shape index (κ2) is 14.1. The Bertz CT molecular complexity index is 1180. The minimum absolute atomic E-state index is 0.0203. The lowest BCUT2D eigenvalue weighted by Crippen LogP contribution is -2.54. The number of imide groups is 1. The zero-order chi connectivity index (χ0) is 28.3. The van der Waals surface area contributed by atoms with Crippen molar-refractivity contribution in [3.63, 3.8) is 0 Å². The standard InChI is InChI=1S/C29H35N3O6/c1-6-13-37-27(34)23-12-8-11-22(15-23)18-36-19-24(17-30)32(28(35)38-29(3,4)5)26(33)25(31)16-21-10-7-9-20(2)14-21/h6-12,14-15,24-25H,1,13,16,18-19,31H2,2-5H3/t24-,25-/m0/s1. The summed E-state index contributed by atoms with van der Waals surface area (Å²) in [6, 6.07) is 13.7. The Morgan fingerprint density at radius 2 is 1.82 bits per heavy atom. The van der Waals surface area contributed by atoms with Gasteiger partial charge in [0.15, 0.2) is 6.04 Å². The minimum atomic E-state index is -1.29. The number of nitrogens with zero attached hydrogens (tertiary/aromatic N) is 2. The Labute approximate surface area is 223 Å². The van der Waals surface area contributed by atoms with Gasteiger partial charge in [-0.3, -0.25) is 4.79 Å². The number of hydrogen-bond donors (Lipinski definition) is 1. The first-order chi connectivity index (χ1) is 17.9. The Hall–Kier alpha value is -4.00. The van der Waals surface area contributed by atoms with Crippen molar-refractivity contribution in [2.75, 3.05) is 13.2 Å². The van der Waals surface area contributed by atoms with E-state index in [1.165, 1.54) is 6.08 Å². The largest absolute Gasteiger partial charge is 0.458 e. The van der Waals surface area contributed by atoms with Crippen LogP contribution in [-0.2, 0) is 32.0 Å². The summed E-state index contributed by atoms with van der Waals surface area (Å²) >= 11 is 0. The van der Waals surface area contributed by atoms with Crippen molar-refractivity contribution in [2.24, 2.45) is 5.73 Å². The Balaban J connectivity index is 2.16. The van der Waals surface area contributed by atoms with Crippen molar-refractivity contribution in [1.82, 2.24) is 4.90 Å². The summed E-state index contributed by atoms with van der Waals surface area (Å²) in [4.78, 5) is 39.2. The van der Waals surface area contributed by atoms with E-state index in [-0.39, 0.29) is 26.2 Å². The highest BCUT2D eigenvalue weighted by molar-refractivity contribution is 5.96. The summed E-state index contributed by atoms with van der Waals surface area (Å²) in [6.45, 7) is 10.2. The van der Waals surface area contributed by atoms with Gasteiger partial charge in [0.05, 0.1) is 30.9 Å². The molecule has 2 amide bonds. The van der Waals surface area contributed by atoms with E-state index in [2.05, 4.69) is 6.58 Å². The molecule has 2 N–H and O–H groups in total. The second-order valence-electron chi connectivity index (χ2n) is 9.74. The van der Waals surface area contributed by atoms with Gasteiger partial charge in [0.2, 0.25) is 5.91 Å². The van der Waals surface area contributed by atoms with Gasteiger partial charge in [0, 0.05) is 0 Å². The maximum Gasteiger partial charge on any atom is 0.418 e. The van der Waals surface area contributed by atoms with Crippen molar-refractivity contribution in [3.05, 3.63) is 83.4 Å². The van der Waals surface area contributed by atoms with Crippen LogP contribution >= 0.6 is 0 Å². The predicted octanol–water partition coefficient (Wildman–Crippen LogP) is 4.08. The molecule has 0 spiro atoms. The molecule has 9 heteroatoms. The normalized spacial score (nSPS) is 12.5. The van der Waals surface area contributed by atoms with Gasteiger partial charge in [-0.05, 0) is 57.4 Å². The number of carbonyl (C=O) groups is 3. The number of benzene rings is 2. The minimum Gasteiger partial charge on any atom is -0.458 e. The van der Waals surface area contributed by atoms with Crippen LogP contribution in [0.2, 0.25) is 0 Å². The molecule has 2 aromatic carbocycles. The SMILES string of the molecule is C=CCOC(=O)c1cccc(COC[C@H](C#N)N(C(=O)OC(C)(C)C)C(=O)[C@@H](N)Cc2cccc(C)c2)c1. The highest BCUT2D eigenvalue weighted by Gasteiger charge is 2.36. The van der Waals surface area contributed by atoms with E-state index in [0.717, 1.165) is 16.0 Å². The van der Waals surface area contributed by atoms with Crippen molar-refractivity contribution >= 4 is 18.0 Å². The molecule has 0 radical (unpaired) electrons. The number of rotatable bonds is 11. The molecule has 0 aliphatic heterocycles. The average Bonchev–Trinajstić information content (AvgIpc) is 2.85. The van der Waals surface area contributed by atoms with E-state index >= 15 is 0 Å². The van der Waals surface area contributed by atoms with Gasteiger partial charge in [0.1, 0.15) is 12.2 Å². The molecule has 0 saturated heterocycles. The molecule has 2 rings (SSSR count). The number of aryl methyl sites for hydroxylation is 1. The third-order valence-electron chi connectivity index (χ3n) is 5.18. The topological polar surface area (TPSA) is 132 Å². The number of ether oxygens (including phenoxy) is 3. The molecular formula is C29H35N3O6. The molecule has 0 heterocycles. The van der Waals surface area contributed by atoms with Gasteiger partial charge in [0.25, 0.3) is 0 Å². The van der Waals surface area contributed by atoms with Crippen LogP contribution in [0.5, 0.6) is 0 Å². The Kier molecular flexibility index (Phi) is 11.2. The average molecular weight is 522 g/mol. The first kappa shape index (κ1) is 30.2. The lowest BCUT2D eigenvalue weighted by molar-refractivity contribution is -0.134. The molecule has 0 saturated carbocycles. The van der Waals surface area contributed by atoms with Crippen LogP contribution in [0.1, 0.15) is 47.8 Å². The van der Waals surface area contributed by atoms with E-state index in [1.807, 2.05) is 37.3 Å². The molecule has 0 fully saturated rings. The van der Waals surface area contributed by atoms with Gasteiger partial charge >= 0.3 is 12.1 Å². The van der Waals surface area contributed by atoms with Gasteiger partial charge in [-0.25, -0.2) is 14.5 Å². The van der Waals surface area contributed by atoms with Crippen LogP contribution in [0.3, 0.4) is 0 Å². The molecule has 2 atom stereocenters. The molecule has 0 aliphatic rings. The first-order valence-corrected chi connectivity index (χ1v) is 12.2. The third-order valence-corrected chi connectivity index (χ3v) is 5.18. The number of hydrogen-bond acceptors (Lipinski definition) is 8. The fraction of sp³-hybridized carbons (Fsp3) is 0.379. The van der Waals surface area contributed by atoms with Crippen LogP contribution < -0.4 is 5.73 Å². The molecular weight excluding hydrogens is 486 g/mol. The number of nitriles is 1. The zero-order valence-electron chi connectivity index (χ0n) is 22.3. The lowest BCUT2D eigenvalue weighted by Gasteiger charge is -2.30. The van der Waals surface area contributed by atoms with Gasteiger partial charge in [-0.2, -0.15) is 5.26 Å². The summed E-state index contributed by atoms with van der Waals surface area (Å²) in [7, 11) is 0. The Morgan fingerprint density at radius 1 is 1.13 bits per heavy atom. The molecule has 2 aromatic rings. The summed E-state index contributed by atoms with van der Waals surface area (Å²) in [6.07, 6.45) is 0.662. The second-order valence-corrected chi connectivity index (χ2v) is 9.74. The smallest absolute Gasteiger partial charge is 0.418 e. The van der Waals surface area contributed by atoms with Crippen LogP contribution in [0, 0.1) is 18.3 Å². The molecule has 9 nitrogen and oxygen atoms in total. The van der Waals surface area contributed by atoms with Crippen LogP contribution in [0.25, 0.3) is 0 Å². The molecule has 0 unspecified atom stereocenters. The van der Waals surface area contributed by atoms with Crippen LogP contribution in [0.15, 0.2) is 61.2 Å². The van der Waals surface area contributed by atoms with Gasteiger partial charge < -0.3 is 19.9 Å². The summed E-state index contributed by atoms with van der Waals surface area (Å²) in [5.41, 5.74) is 8.09. The molecule has 38 heavy (non-hydrogen) atoms. The quantitative estimate of drug-likeness (QED) is 0.346. The number of esters is 1. The predicted molar refractivity (Wildman–Crippen MR) is 142 cm³/mol. The van der Waals surface area contributed by atoms with Gasteiger partial charge in [-0.15, -0.1) is 0 Å². The fourth-order valence-electron chi connectivity index (χ4n) is 3.50. The van der Waals surface area contributed by atoms with E-state index in [1.54, 1.807) is 45.0 Å². The lowest BCUT2D eigenvalue weighted by atomic mass is 10.0. The van der Waals surface area contributed by atoms with E-state index < -0.39 is 35.7 Å². The Morgan fingerprint density at radius 3 is 2.45 bits per heavy atom. The molecule has 0 bridgehead atoms. The number of carbonyl (C=O) groups excluding carboxylic acids is 3. The fourth-order valence-corrected chi connectivity index (χ4v) is 3.50. The van der Waals surface area contributed by atoms with Crippen molar-refractivity contribution in [2.45, 2.75) is 58.4 Å². The zero-order valence-corrected chi connectivity index (χ0v) is 22.3. The van der Waals surface area contributed by atoms with E-state index in [4.69, 9.17) is 19.9 Å². The van der Waals surface area contributed by atoms with Crippen molar-refractivity contribution in [3.8, 4) is 6.07 Å². The summed E-state index contributed by atoms with van der Waals surface area (Å²) < 4.78 is 16.1. The van der Waals surface area contributed by atoms with E-state index in [9.17, 15) is 19.6 Å². The van der Waals surface area contributed by atoms with Crippen molar-refractivity contribution < 1.29 is 28.6 Å². The number of nitrogens with two attached hydrogens (primary N) is 1. The highest BCUT2D eigenvalue weighted by atomic mass is 16.6. The van der Waals surface area contributed by atoms with Crippen LogP contribution in [-0.4, -0.2) is 53.8 Å². The molecule has 202 valence electrons. The molecule has 0 aliphatic carbocycles. The first-order valence-electron chi connectivity index (χ1n) is 12.2. The molecule has 0 aromatic heterocycles. The van der Waals surface area contributed by atoms with E-state index in [0.29, 0.717) is 11.1 Å². The van der Waals surface area contributed by atoms with Crippen molar-refractivity contribution in [1.29, 1.82) is 5.26 Å². The summed E-state index contributed by atoms with van der Waals surface area (Å²) in [5, 5.41) is 9.86. The third kappa shape index (κ3) is 9.47. The number of amides is 2. The monoisotopic (exact) mass is 521 g/mol. The van der Waals surface area contributed by atoms with Crippen LogP contribution in [0.4, 0.5) is 4.79 Å². The summed E-state index contributed by atoms with van der Waals surface area (Å²) in [5.74, 6) is -1.26. The maximum absolute atomic E-state index is 13.3.